The van der Waals surface area contributed by atoms with E-state index < -0.39 is 6.10 Å². The smallest absolute Gasteiger partial charge is 0.231 e. The van der Waals surface area contributed by atoms with E-state index >= 15 is 0 Å². The van der Waals surface area contributed by atoms with Gasteiger partial charge in [-0.2, -0.15) is 15.0 Å². The van der Waals surface area contributed by atoms with Crippen LogP contribution in [0.4, 0.5) is 17.8 Å². The number of nitrogens with zero attached hydrogens (tertiary/aromatic N) is 4. The Balaban J connectivity index is 2.74. The van der Waals surface area contributed by atoms with Gasteiger partial charge in [-0.05, 0) is 6.42 Å². The maximum absolute atomic E-state index is 9.61. The van der Waals surface area contributed by atoms with Gasteiger partial charge in [0.05, 0.1) is 12.7 Å². The van der Waals surface area contributed by atoms with Crippen LogP contribution in [0, 0.1) is 0 Å². The predicted molar refractivity (Wildman–Crippen MR) is 79.3 cm³/mol. The lowest BCUT2D eigenvalue weighted by molar-refractivity contribution is 0.0726. The Hall–Kier alpha value is -1.67. The Bertz CT molecular complexity index is 402. The third-order valence-corrected chi connectivity index (χ3v) is 2.41. The topological polar surface area (TPSA) is 95.4 Å². The maximum Gasteiger partial charge on any atom is 0.231 e. The first-order valence-electron chi connectivity index (χ1n) is 6.65. The fraction of sp³-hybridized carbons (Fsp3) is 0.750. The lowest BCUT2D eigenvalue weighted by Gasteiger charge is -2.15. The van der Waals surface area contributed by atoms with Crippen molar-refractivity contribution in [3.63, 3.8) is 0 Å². The molecule has 0 saturated heterocycles. The van der Waals surface area contributed by atoms with E-state index in [0.717, 1.165) is 13.0 Å². The van der Waals surface area contributed by atoms with Crippen LogP contribution in [0.1, 0.15) is 13.3 Å². The third-order valence-electron chi connectivity index (χ3n) is 2.41. The molecule has 8 heteroatoms. The summed E-state index contributed by atoms with van der Waals surface area (Å²) in [6.45, 7) is 3.45. The summed E-state index contributed by atoms with van der Waals surface area (Å²) in [6.07, 6.45) is 0.379. The highest BCUT2D eigenvalue weighted by molar-refractivity contribution is 5.42. The van der Waals surface area contributed by atoms with E-state index in [1.807, 2.05) is 14.1 Å². The van der Waals surface area contributed by atoms with Gasteiger partial charge >= 0.3 is 0 Å². The normalized spacial score (nSPS) is 12.1. The molecule has 0 spiro atoms. The molecule has 8 nitrogen and oxygen atoms in total. The first kappa shape index (κ1) is 16.4. The number of rotatable bonds is 9. The van der Waals surface area contributed by atoms with Crippen molar-refractivity contribution in [2.45, 2.75) is 19.4 Å². The molecule has 0 radical (unpaired) electrons. The predicted octanol–water partition coefficient (Wildman–Crippen LogP) is 0.179. The summed E-state index contributed by atoms with van der Waals surface area (Å²) in [5, 5.41) is 15.7. The van der Waals surface area contributed by atoms with Gasteiger partial charge < -0.3 is 25.4 Å². The second-order valence-electron chi connectivity index (χ2n) is 4.59. The summed E-state index contributed by atoms with van der Waals surface area (Å²) in [4.78, 5) is 14.6. The van der Waals surface area contributed by atoms with Crippen molar-refractivity contribution >= 4 is 17.8 Å². The Morgan fingerprint density at radius 1 is 1.20 bits per heavy atom. The summed E-state index contributed by atoms with van der Waals surface area (Å²) in [5.74, 6) is 1.51. The number of methoxy groups -OCH3 is 1. The largest absolute Gasteiger partial charge is 0.389 e. The first-order chi connectivity index (χ1) is 9.56. The number of nitrogens with one attached hydrogen (secondary N) is 2. The van der Waals surface area contributed by atoms with Crippen LogP contribution < -0.4 is 15.5 Å². The zero-order valence-corrected chi connectivity index (χ0v) is 12.6. The van der Waals surface area contributed by atoms with Gasteiger partial charge in [-0.3, -0.25) is 0 Å². The molecule has 0 aliphatic carbocycles. The monoisotopic (exact) mass is 284 g/mol. The van der Waals surface area contributed by atoms with Gasteiger partial charge in [-0.15, -0.1) is 0 Å². The molecule has 3 N–H and O–H groups in total. The average Bonchev–Trinajstić information content (AvgIpc) is 2.43. The SMILES string of the molecule is CCCNc1nc(NCC(O)COC)nc(N(C)C)n1. The number of aromatic nitrogens is 3. The van der Waals surface area contributed by atoms with E-state index in [9.17, 15) is 5.11 Å². The molecule has 0 fully saturated rings. The number of ether oxygens (including phenoxy) is 1. The number of anilines is 3. The zero-order valence-electron chi connectivity index (χ0n) is 12.6. The van der Waals surface area contributed by atoms with Crippen LogP contribution in [0.3, 0.4) is 0 Å². The van der Waals surface area contributed by atoms with E-state index in [0.29, 0.717) is 24.4 Å². The minimum absolute atomic E-state index is 0.263. The highest BCUT2D eigenvalue weighted by Crippen LogP contribution is 2.11. The number of hydrogen-bond acceptors (Lipinski definition) is 8. The second-order valence-corrected chi connectivity index (χ2v) is 4.59. The molecule has 1 aromatic rings. The number of hydrogen-bond donors (Lipinski definition) is 3. The summed E-state index contributed by atoms with van der Waals surface area (Å²) < 4.78 is 4.87. The van der Waals surface area contributed by atoms with Gasteiger partial charge in [0.2, 0.25) is 17.8 Å². The lowest BCUT2D eigenvalue weighted by atomic mass is 10.4. The van der Waals surface area contributed by atoms with Gasteiger partial charge in [0.15, 0.2) is 0 Å². The molecule has 0 aliphatic heterocycles. The highest BCUT2D eigenvalue weighted by atomic mass is 16.5. The van der Waals surface area contributed by atoms with Gasteiger partial charge in [0, 0.05) is 34.3 Å². The minimum Gasteiger partial charge on any atom is -0.389 e. The van der Waals surface area contributed by atoms with Crippen LogP contribution >= 0.6 is 0 Å². The molecule has 0 aliphatic rings. The fourth-order valence-corrected chi connectivity index (χ4v) is 1.42. The van der Waals surface area contributed by atoms with E-state index in [-0.39, 0.29) is 6.61 Å². The first-order valence-corrected chi connectivity index (χ1v) is 6.65. The summed E-state index contributed by atoms with van der Waals surface area (Å²) >= 11 is 0. The Kier molecular flexibility index (Phi) is 6.96. The summed E-state index contributed by atoms with van der Waals surface area (Å²) in [5.41, 5.74) is 0. The average molecular weight is 284 g/mol. The van der Waals surface area contributed by atoms with Crippen LogP contribution in [0.2, 0.25) is 0 Å². The van der Waals surface area contributed by atoms with Crippen LogP contribution in [-0.4, -0.2) is 67.1 Å². The summed E-state index contributed by atoms with van der Waals surface area (Å²) in [7, 11) is 5.27. The Morgan fingerprint density at radius 3 is 2.40 bits per heavy atom. The number of aliphatic hydroxyl groups excluding tert-OH is 1. The van der Waals surface area contributed by atoms with Crippen molar-refractivity contribution in [1.29, 1.82) is 0 Å². The van der Waals surface area contributed by atoms with E-state index in [4.69, 9.17) is 4.74 Å². The van der Waals surface area contributed by atoms with Gasteiger partial charge in [0.25, 0.3) is 0 Å². The molecule has 0 aromatic carbocycles. The van der Waals surface area contributed by atoms with E-state index in [2.05, 4.69) is 32.5 Å². The summed E-state index contributed by atoms with van der Waals surface area (Å²) in [6, 6.07) is 0. The van der Waals surface area contributed by atoms with Crippen molar-refractivity contribution in [3.05, 3.63) is 0 Å². The second kappa shape index (κ2) is 8.49. The maximum atomic E-state index is 9.61. The molecule has 0 saturated carbocycles. The lowest BCUT2D eigenvalue weighted by Crippen LogP contribution is -2.25. The fourth-order valence-electron chi connectivity index (χ4n) is 1.42. The molecule has 1 atom stereocenters. The Morgan fingerprint density at radius 2 is 1.85 bits per heavy atom. The van der Waals surface area contributed by atoms with Gasteiger partial charge in [0.1, 0.15) is 0 Å². The van der Waals surface area contributed by atoms with Crippen LogP contribution in [0.15, 0.2) is 0 Å². The standard InChI is InChI=1S/C12H24N6O2/c1-5-6-13-10-15-11(14-7-9(19)8-20-4)17-12(16-10)18(2)3/h9,19H,5-8H2,1-4H3,(H2,13,14,15,16,17). The van der Waals surface area contributed by atoms with E-state index in [1.165, 1.54) is 0 Å². The van der Waals surface area contributed by atoms with Crippen molar-refractivity contribution in [2.24, 2.45) is 0 Å². The van der Waals surface area contributed by atoms with Crippen molar-refractivity contribution in [3.8, 4) is 0 Å². The molecule has 1 rings (SSSR count). The van der Waals surface area contributed by atoms with Crippen LogP contribution in [0.25, 0.3) is 0 Å². The van der Waals surface area contributed by atoms with Crippen molar-refractivity contribution in [2.75, 3.05) is 56.4 Å². The van der Waals surface area contributed by atoms with Crippen molar-refractivity contribution < 1.29 is 9.84 Å². The van der Waals surface area contributed by atoms with Crippen LogP contribution in [0.5, 0.6) is 0 Å². The van der Waals surface area contributed by atoms with E-state index in [1.54, 1.807) is 12.0 Å². The molecule has 0 amide bonds. The Labute approximate surface area is 119 Å². The third kappa shape index (κ3) is 5.54. The zero-order chi connectivity index (χ0) is 15.0. The minimum atomic E-state index is -0.605. The molecule has 1 unspecified atom stereocenters. The molecular weight excluding hydrogens is 260 g/mol. The quantitative estimate of drug-likeness (QED) is 0.591. The molecular formula is C12H24N6O2. The molecule has 114 valence electrons. The number of aliphatic hydroxyl groups is 1. The highest BCUT2D eigenvalue weighted by Gasteiger charge is 2.09. The van der Waals surface area contributed by atoms with Gasteiger partial charge in [-0.25, -0.2) is 0 Å². The molecule has 1 aromatic heterocycles. The van der Waals surface area contributed by atoms with Crippen molar-refractivity contribution in [1.82, 2.24) is 15.0 Å². The molecule has 0 bridgehead atoms. The molecule has 1 heterocycles. The van der Waals surface area contributed by atoms with Gasteiger partial charge in [-0.1, -0.05) is 6.92 Å². The van der Waals surface area contributed by atoms with Crippen LogP contribution in [-0.2, 0) is 4.74 Å². The molecule has 20 heavy (non-hydrogen) atoms.